The lowest BCUT2D eigenvalue weighted by molar-refractivity contribution is -0.118. The molecule has 0 bridgehead atoms. The van der Waals surface area contributed by atoms with Crippen LogP contribution in [-0.4, -0.2) is 24.2 Å². The normalized spacial score (nSPS) is 10.2. The molecule has 3 aromatic rings. The number of nitrogens with one attached hydrogen (secondary N) is 1. The maximum atomic E-state index is 13.0. The fourth-order valence-electron chi connectivity index (χ4n) is 2.53. The molecule has 0 saturated heterocycles. The van der Waals surface area contributed by atoms with E-state index in [0.717, 1.165) is 0 Å². The highest BCUT2D eigenvalue weighted by Crippen LogP contribution is 2.16. The van der Waals surface area contributed by atoms with Gasteiger partial charge in [-0.1, -0.05) is 0 Å². The number of rotatable bonds is 7. The molecule has 7 heteroatoms. The topological polar surface area (TPSA) is 98.5 Å². The molecule has 3 N–H and O–H groups in total. The first-order valence-corrected chi connectivity index (χ1v) is 8.65. The van der Waals surface area contributed by atoms with Crippen LogP contribution in [0.1, 0.15) is 26.3 Å². The average Bonchev–Trinajstić information content (AvgIpc) is 2.73. The zero-order valence-corrected chi connectivity index (χ0v) is 15.2. The van der Waals surface area contributed by atoms with Crippen LogP contribution in [0.15, 0.2) is 72.8 Å². The summed E-state index contributed by atoms with van der Waals surface area (Å²) in [5, 5.41) is 2.63. The van der Waals surface area contributed by atoms with Gasteiger partial charge in [0.15, 0.2) is 12.4 Å². The van der Waals surface area contributed by atoms with Crippen molar-refractivity contribution in [3.05, 3.63) is 95.3 Å². The van der Waals surface area contributed by atoms with Crippen LogP contribution in [0.2, 0.25) is 0 Å². The van der Waals surface area contributed by atoms with Crippen molar-refractivity contribution in [1.82, 2.24) is 0 Å². The van der Waals surface area contributed by atoms with E-state index >= 15 is 0 Å². The van der Waals surface area contributed by atoms with Crippen molar-refractivity contribution in [1.29, 1.82) is 0 Å². The SMILES string of the molecule is NC(=O)c1ccc(NC(=O)COc2ccc(C(=O)c3ccc(F)cc3)cc2)cc1. The Kier molecular flexibility index (Phi) is 5.99. The van der Waals surface area contributed by atoms with E-state index in [2.05, 4.69) is 5.32 Å². The van der Waals surface area contributed by atoms with Crippen LogP contribution in [-0.2, 0) is 4.79 Å². The zero-order chi connectivity index (χ0) is 20.8. The van der Waals surface area contributed by atoms with Crippen LogP contribution < -0.4 is 15.8 Å². The van der Waals surface area contributed by atoms with E-state index in [1.54, 1.807) is 36.4 Å². The second-order valence-corrected chi connectivity index (χ2v) is 6.14. The Morgan fingerprint density at radius 2 is 1.31 bits per heavy atom. The Labute approximate surface area is 166 Å². The number of anilines is 1. The number of amides is 2. The Morgan fingerprint density at radius 3 is 1.86 bits per heavy atom. The van der Waals surface area contributed by atoms with Crippen LogP contribution in [0, 0.1) is 5.82 Å². The van der Waals surface area contributed by atoms with E-state index < -0.39 is 11.7 Å². The summed E-state index contributed by atoms with van der Waals surface area (Å²) in [5.41, 5.74) is 6.80. The summed E-state index contributed by atoms with van der Waals surface area (Å²) in [5.74, 6) is -1.17. The number of primary amides is 1. The second-order valence-electron chi connectivity index (χ2n) is 6.14. The van der Waals surface area contributed by atoms with Gasteiger partial charge in [0.25, 0.3) is 5.91 Å². The molecule has 0 aliphatic carbocycles. The van der Waals surface area contributed by atoms with Gasteiger partial charge >= 0.3 is 0 Å². The van der Waals surface area contributed by atoms with Crippen molar-refractivity contribution in [3.8, 4) is 5.75 Å². The van der Waals surface area contributed by atoms with Crippen molar-refractivity contribution >= 4 is 23.3 Å². The van der Waals surface area contributed by atoms with E-state index in [-0.39, 0.29) is 18.3 Å². The first-order chi connectivity index (χ1) is 13.9. The maximum Gasteiger partial charge on any atom is 0.262 e. The fraction of sp³-hybridized carbons (Fsp3) is 0.0455. The molecular formula is C22H17FN2O4. The largest absolute Gasteiger partial charge is 0.484 e. The summed E-state index contributed by atoms with van der Waals surface area (Å²) in [6.45, 7) is -0.233. The first-order valence-electron chi connectivity index (χ1n) is 8.65. The average molecular weight is 392 g/mol. The number of carbonyl (C=O) groups excluding carboxylic acids is 3. The van der Waals surface area contributed by atoms with Gasteiger partial charge in [0.1, 0.15) is 11.6 Å². The third-order valence-electron chi connectivity index (χ3n) is 4.05. The monoisotopic (exact) mass is 392 g/mol. The maximum absolute atomic E-state index is 13.0. The van der Waals surface area contributed by atoms with Gasteiger partial charge < -0.3 is 15.8 Å². The molecule has 0 saturated carbocycles. The predicted octanol–water partition coefficient (Wildman–Crippen LogP) is 3.17. The van der Waals surface area contributed by atoms with Gasteiger partial charge in [0.05, 0.1) is 0 Å². The van der Waals surface area contributed by atoms with Crippen LogP contribution >= 0.6 is 0 Å². The lowest BCUT2D eigenvalue weighted by Crippen LogP contribution is -2.20. The Hall–Kier alpha value is -4.00. The molecule has 0 atom stereocenters. The molecular weight excluding hydrogens is 375 g/mol. The van der Waals surface area contributed by atoms with Crippen molar-refractivity contribution < 1.29 is 23.5 Å². The molecule has 0 aliphatic rings. The molecule has 0 unspecified atom stereocenters. The van der Waals surface area contributed by atoms with Gasteiger partial charge in [-0.05, 0) is 72.8 Å². The van der Waals surface area contributed by atoms with E-state index in [4.69, 9.17) is 10.5 Å². The van der Waals surface area contributed by atoms with Gasteiger partial charge in [-0.15, -0.1) is 0 Å². The highest BCUT2D eigenvalue weighted by atomic mass is 19.1. The van der Waals surface area contributed by atoms with Crippen molar-refractivity contribution in [2.75, 3.05) is 11.9 Å². The van der Waals surface area contributed by atoms with E-state index in [0.29, 0.717) is 28.1 Å². The fourth-order valence-corrected chi connectivity index (χ4v) is 2.53. The number of halogens is 1. The van der Waals surface area contributed by atoms with Crippen molar-refractivity contribution in [2.45, 2.75) is 0 Å². The minimum atomic E-state index is -0.549. The lowest BCUT2D eigenvalue weighted by atomic mass is 10.0. The minimum Gasteiger partial charge on any atom is -0.484 e. The number of nitrogens with two attached hydrogens (primary N) is 1. The molecule has 29 heavy (non-hydrogen) atoms. The third-order valence-corrected chi connectivity index (χ3v) is 4.05. The van der Waals surface area contributed by atoms with Gasteiger partial charge in [-0.3, -0.25) is 14.4 Å². The van der Waals surface area contributed by atoms with Gasteiger partial charge in [0, 0.05) is 22.4 Å². The number of carbonyl (C=O) groups is 3. The number of ketones is 1. The molecule has 146 valence electrons. The molecule has 0 spiro atoms. The molecule has 3 aromatic carbocycles. The first kappa shape index (κ1) is 19.8. The number of benzene rings is 3. The molecule has 0 radical (unpaired) electrons. The summed E-state index contributed by atoms with van der Waals surface area (Å²) in [4.78, 5) is 35.4. The van der Waals surface area contributed by atoms with E-state index in [1.165, 1.54) is 36.4 Å². The molecule has 0 fully saturated rings. The van der Waals surface area contributed by atoms with Crippen LogP contribution in [0.4, 0.5) is 10.1 Å². The quantitative estimate of drug-likeness (QED) is 0.604. The Bertz CT molecular complexity index is 1030. The number of ether oxygens (including phenoxy) is 1. The van der Waals surface area contributed by atoms with E-state index in [1.807, 2.05) is 0 Å². The lowest BCUT2D eigenvalue weighted by Gasteiger charge is -2.08. The summed E-state index contributed by atoms with van der Waals surface area (Å²) in [6.07, 6.45) is 0. The second kappa shape index (κ2) is 8.79. The number of hydrogen-bond donors (Lipinski definition) is 2. The molecule has 2 amide bonds. The predicted molar refractivity (Wildman–Crippen MR) is 105 cm³/mol. The minimum absolute atomic E-state index is 0.233. The van der Waals surface area contributed by atoms with Crippen molar-refractivity contribution in [3.63, 3.8) is 0 Å². The number of hydrogen-bond acceptors (Lipinski definition) is 4. The highest BCUT2D eigenvalue weighted by molar-refractivity contribution is 6.09. The third kappa shape index (κ3) is 5.26. The zero-order valence-electron chi connectivity index (χ0n) is 15.2. The molecule has 0 aromatic heterocycles. The standard InChI is InChI=1S/C22H17FN2O4/c23-17-7-1-14(2-8-17)21(27)15-5-11-19(12-6-15)29-13-20(26)25-18-9-3-16(4-10-18)22(24)28/h1-12H,13H2,(H2,24,28)(H,25,26). The molecule has 0 heterocycles. The summed E-state index contributed by atoms with van der Waals surface area (Å²) in [7, 11) is 0. The van der Waals surface area contributed by atoms with Crippen molar-refractivity contribution in [2.24, 2.45) is 5.73 Å². The molecule has 6 nitrogen and oxygen atoms in total. The summed E-state index contributed by atoms with van der Waals surface area (Å²) in [6, 6.07) is 17.7. The van der Waals surface area contributed by atoms with Gasteiger partial charge in [0.2, 0.25) is 5.91 Å². The van der Waals surface area contributed by atoms with Crippen LogP contribution in [0.3, 0.4) is 0 Å². The van der Waals surface area contributed by atoms with Gasteiger partial charge in [-0.2, -0.15) is 0 Å². The highest BCUT2D eigenvalue weighted by Gasteiger charge is 2.10. The van der Waals surface area contributed by atoms with Gasteiger partial charge in [-0.25, -0.2) is 4.39 Å². The van der Waals surface area contributed by atoms with E-state index in [9.17, 15) is 18.8 Å². The Morgan fingerprint density at radius 1 is 0.793 bits per heavy atom. The molecule has 3 rings (SSSR count). The smallest absolute Gasteiger partial charge is 0.262 e. The summed E-state index contributed by atoms with van der Waals surface area (Å²) < 4.78 is 18.4. The Balaban J connectivity index is 1.54. The summed E-state index contributed by atoms with van der Waals surface area (Å²) >= 11 is 0. The molecule has 0 aliphatic heterocycles. The van der Waals surface area contributed by atoms with Crippen LogP contribution in [0.5, 0.6) is 5.75 Å². The van der Waals surface area contributed by atoms with Crippen LogP contribution in [0.25, 0.3) is 0 Å².